The molecular formula is C48H33N6S2+. The molecule has 0 unspecified atom stereocenters. The van der Waals surface area contributed by atoms with Gasteiger partial charge in [0.2, 0.25) is 5.04 Å². The molecule has 0 fully saturated rings. The van der Waals surface area contributed by atoms with E-state index in [1.54, 1.807) is 0 Å². The topological polar surface area (TPSA) is 123 Å². The molecule has 56 heavy (non-hydrogen) atoms. The van der Waals surface area contributed by atoms with E-state index in [-0.39, 0.29) is 15.1 Å². The molecule has 2 heterocycles. The average Bonchev–Trinajstić information content (AvgIpc) is 3.26. The number of nitrogens with two attached hydrogens (primary N) is 1. The summed E-state index contributed by atoms with van der Waals surface area (Å²) in [6, 6.07) is 56.5. The van der Waals surface area contributed by atoms with Crippen molar-refractivity contribution in [2.75, 3.05) is 0 Å². The molecule has 0 saturated heterocycles. The van der Waals surface area contributed by atoms with Gasteiger partial charge in [-0.2, -0.15) is 0 Å². The van der Waals surface area contributed by atoms with E-state index in [9.17, 15) is 0 Å². The molecule has 9 rings (SSSR count). The summed E-state index contributed by atoms with van der Waals surface area (Å²) in [5, 5.41) is 43.5. The number of pyridine rings is 2. The number of aromatic nitrogens is 2. The molecule has 0 amide bonds. The van der Waals surface area contributed by atoms with Crippen LogP contribution >= 0.6 is 23.5 Å². The Kier molecular flexibility index (Phi) is 9.27. The van der Waals surface area contributed by atoms with Gasteiger partial charge in [0.25, 0.3) is 0 Å². The van der Waals surface area contributed by atoms with Crippen LogP contribution in [0.1, 0.15) is 22.5 Å². The molecule has 0 aliphatic rings. The van der Waals surface area contributed by atoms with Crippen LogP contribution in [0.5, 0.6) is 0 Å². The summed E-state index contributed by atoms with van der Waals surface area (Å²) in [6.07, 6.45) is 0. The molecule has 0 aliphatic heterocycles. The minimum Gasteiger partial charge on any atom is -0.293 e. The fourth-order valence-electron chi connectivity index (χ4n) is 7.18. The molecular weight excluding hydrogens is 725 g/mol. The lowest BCUT2D eigenvalue weighted by Crippen LogP contribution is -2.38. The van der Waals surface area contributed by atoms with Crippen molar-refractivity contribution in [2.24, 2.45) is 0 Å². The third-order valence-electron chi connectivity index (χ3n) is 9.90. The smallest absolute Gasteiger partial charge is 0.245 e. The maximum Gasteiger partial charge on any atom is 0.245 e. The fraction of sp³-hybridized carbons (Fsp3) is 0. The summed E-state index contributed by atoms with van der Waals surface area (Å²) in [6.45, 7) is 0. The van der Waals surface area contributed by atoms with Crippen molar-refractivity contribution in [1.82, 2.24) is 9.97 Å². The van der Waals surface area contributed by atoms with Crippen molar-refractivity contribution in [2.45, 2.75) is 0 Å². The number of nitrogens with one attached hydrogen (secondary N) is 3. The molecule has 266 valence electrons. The molecule has 0 bridgehead atoms. The van der Waals surface area contributed by atoms with E-state index >= 15 is 0 Å². The van der Waals surface area contributed by atoms with Crippen LogP contribution in [0.2, 0.25) is 0 Å². The number of benzene rings is 7. The highest BCUT2D eigenvalue weighted by Crippen LogP contribution is 2.36. The van der Waals surface area contributed by atoms with Gasteiger partial charge >= 0.3 is 0 Å². The van der Waals surface area contributed by atoms with Crippen molar-refractivity contribution >= 4 is 86.8 Å². The first-order valence-electron chi connectivity index (χ1n) is 18.0. The van der Waals surface area contributed by atoms with Crippen LogP contribution in [0.25, 0.3) is 65.6 Å². The van der Waals surface area contributed by atoms with E-state index in [0.717, 1.165) is 78.5 Å². The summed E-state index contributed by atoms with van der Waals surface area (Å²) in [7, 11) is 0. The largest absolute Gasteiger partial charge is 0.293 e. The molecule has 0 spiro atoms. The highest BCUT2D eigenvalue weighted by molar-refractivity contribution is 8.27. The molecule has 0 radical (unpaired) electrons. The van der Waals surface area contributed by atoms with E-state index in [2.05, 4.69) is 84.9 Å². The Labute approximate surface area is 331 Å². The molecule has 8 heteroatoms. The second-order valence-corrected chi connectivity index (χ2v) is 15.4. The minimum atomic E-state index is 0.188. The Morgan fingerprint density at radius 3 is 1.30 bits per heavy atom. The van der Waals surface area contributed by atoms with Crippen molar-refractivity contribution in [3.63, 3.8) is 0 Å². The van der Waals surface area contributed by atoms with Crippen molar-refractivity contribution < 1.29 is 5.41 Å². The number of nitrogens with zero attached hydrogens (tertiary/aromatic N) is 2. The molecule has 5 N–H and O–H groups in total. The molecule has 6 nitrogen and oxygen atoms in total. The highest BCUT2D eigenvalue weighted by atomic mass is 32.2. The Morgan fingerprint density at radius 1 is 0.393 bits per heavy atom. The van der Waals surface area contributed by atoms with E-state index in [0.29, 0.717) is 22.0 Å². The van der Waals surface area contributed by atoms with Gasteiger partial charge in [0.05, 0.1) is 28.3 Å². The monoisotopic (exact) mass is 757 g/mol. The number of fused-ring (bicyclic) bond motifs is 6. The predicted molar refractivity (Wildman–Crippen MR) is 238 cm³/mol. The zero-order valence-corrected chi connectivity index (χ0v) is 31.6. The first-order chi connectivity index (χ1) is 27.4. The molecule has 0 atom stereocenters. The van der Waals surface area contributed by atoms with E-state index in [1.165, 1.54) is 16.2 Å². The zero-order valence-electron chi connectivity index (χ0n) is 30.0. The lowest BCUT2D eigenvalue weighted by Gasteiger charge is -2.12. The third-order valence-corrected chi connectivity index (χ3v) is 11.6. The standard InChI is InChI=1S/C48H32N6S2/c49-45(55-47(51)43-21-9-19-41(53-43)39-27-31-11-1-3-13-33(31)35-15-5-7-17-37(35)39)29-23-25-30(26-24-29)46(50)56-48(52)44-22-10-20-42(54-44)40-28-32-12-2-4-14-34(32)36-16-6-8-18-38(36)40/h1-28,49-52H/p+1. The van der Waals surface area contributed by atoms with Gasteiger partial charge in [-0.1, -0.05) is 121 Å². The summed E-state index contributed by atoms with van der Waals surface area (Å²) in [4.78, 5) is 9.81. The fourth-order valence-corrected chi connectivity index (χ4v) is 8.54. The second kappa shape index (κ2) is 14.8. The predicted octanol–water partition coefficient (Wildman–Crippen LogP) is 10.8. The van der Waals surface area contributed by atoms with Gasteiger partial charge in [-0.05, 0) is 103 Å². The Bertz CT molecular complexity index is 2860. The van der Waals surface area contributed by atoms with Gasteiger partial charge in [-0.25, -0.2) is 15.4 Å². The molecule has 9 aromatic rings. The summed E-state index contributed by atoms with van der Waals surface area (Å²) < 4.78 is 0. The van der Waals surface area contributed by atoms with E-state index in [1.807, 2.05) is 84.9 Å². The Hall–Kier alpha value is -6.74. The highest BCUT2D eigenvalue weighted by Gasteiger charge is 2.18. The first kappa shape index (κ1) is 35.0. The Balaban J connectivity index is 0.890. The van der Waals surface area contributed by atoms with Crippen molar-refractivity contribution in [1.29, 1.82) is 16.2 Å². The maximum atomic E-state index is 8.91. The van der Waals surface area contributed by atoms with E-state index < -0.39 is 0 Å². The molecule has 0 saturated carbocycles. The zero-order chi connectivity index (χ0) is 38.2. The van der Waals surface area contributed by atoms with Crippen LogP contribution in [-0.4, -0.2) is 30.1 Å². The van der Waals surface area contributed by atoms with Crippen molar-refractivity contribution in [3.05, 3.63) is 192 Å². The number of hydrogen-bond donors (Lipinski definition) is 4. The Morgan fingerprint density at radius 2 is 0.804 bits per heavy atom. The van der Waals surface area contributed by atoms with Crippen LogP contribution in [-0.2, 0) is 0 Å². The van der Waals surface area contributed by atoms with Crippen LogP contribution in [0.3, 0.4) is 0 Å². The molecule has 2 aromatic heterocycles. The molecule has 7 aromatic carbocycles. The lowest BCUT2D eigenvalue weighted by atomic mass is 9.95. The number of rotatable bonds is 6. The van der Waals surface area contributed by atoms with Gasteiger partial charge in [-0.15, -0.1) is 0 Å². The SMILES string of the molecule is N=C(SC(=N)c1cccc(-c2cc3ccccc3c3ccccc23)n1)c1ccc(C(=[NH2+])SC(=N)c2cccc(-c3cc4ccccc4c4ccccc34)n2)cc1. The average molecular weight is 758 g/mol. The van der Waals surface area contributed by atoms with Crippen LogP contribution in [0.4, 0.5) is 0 Å². The third kappa shape index (κ3) is 6.66. The summed E-state index contributed by atoms with van der Waals surface area (Å²) in [5.74, 6) is 0. The summed E-state index contributed by atoms with van der Waals surface area (Å²) in [5.41, 5.74) is 6.04. The minimum absolute atomic E-state index is 0.188. The maximum absolute atomic E-state index is 8.91. The lowest BCUT2D eigenvalue weighted by molar-refractivity contribution is -0.107. The van der Waals surface area contributed by atoms with Gasteiger partial charge in [0.15, 0.2) is 0 Å². The van der Waals surface area contributed by atoms with Crippen LogP contribution < -0.4 is 5.41 Å². The van der Waals surface area contributed by atoms with Gasteiger partial charge < -0.3 is 0 Å². The second-order valence-electron chi connectivity index (χ2n) is 13.3. The summed E-state index contributed by atoms with van der Waals surface area (Å²) >= 11 is 2.21. The van der Waals surface area contributed by atoms with Gasteiger partial charge in [-0.3, -0.25) is 16.2 Å². The van der Waals surface area contributed by atoms with Crippen LogP contribution in [0, 0.1) is 16.2 Å². The van der Waals surface area contributed by atoms with Crippen molar-refractivity contribution in [3.8, 4) is 22.5 Å². The van der Waals surface area contributed by atoms with Gasteiger partial charge in [0.1, 0.15) is 15.1 Å². The number of thioether (sulfide) groups is 2. The van der Waals surface area contributed by atoms with Crippen LogP contribution in [0.15, 0.2) is 170 Å². The van der Waals surface area contributed by atoms with Gasteiger partial charge in [0, 0.05) is 28.5 Å². The number of hydrogen-bond acceptors (Lipinski definition) is 7. The van der Waals surface area contributed by atoms with E-state index in [4.69, 9.17) is 31.6 Å². The molecule has 0 aliphatic carbocycles. The normalized spacial score (nSPS) is 11.3. The quantitative estimate of drug-likeness (QED) is 0.0766. The first-order valence-corrected chi connectivity index (χ1v) is 19.7.